The smallest absolute Gasteiger partial charge is 0.272 e. The van der Waals surface area contributed by atoms with E-state index in [1.807, 2.05) is 0 Å². The van der Waals surface area contributed by atoms with Crippen LogP contribution in [0.25, 0.3) is 5.69 Å². The first-order valence-electron chi connectivity index (χ1n) is 8.01. The Balaban J connectivity index is 1.76. The van der Waals surface area contributed by atoms with Crippen LogP contribution in [0.2, 0.25) is 10.0 Å². The fraction of sp³-hybridized carbons (Fsp3) is 0.333. The number of nitro groups is 1. The Hall–Kier alpha value is -2.21. The molecule has 28 heavy (non-hydrogen) atoms. The number of carbonyl (C=O) groups is 1. The Morgan fingerprint density at radius 3 is 2.54 bits per heavy atom. The number of amides is 1. The van der Waals surface area contributed by atoms with E-state index in [1.165, 1.54) is 21.3 Å². The third kappa shape index (κ3) is 4.27. The van der Waals surface area contributed by atoms with E-state index in [0.717, 1.165) is 18.4 Å². The van der Waals surface area contributed by atoms with Gasteiger partial charge in [0.2, 0.25) is 10.0 Å². The minimum atomic E-state index is -3.30. The number of aromatic nitrogens is 2. The fourth-order valence-corrected chi connectivity index (χ4v) is 4.39. The van der Waals surface area contributed by atoms with Gasteiger partial charge in [-0.15, -0.1) is 0 Å². The Kier molecular flexibility index (Phi) is 5.62. The second-order valence-corrected chi connectivity index (χ2v) is 9.04. The largest absolute Gasteiger partial charge is 0.347 e. The molecule has 1 aromatic carbocycles. The lowest BCUT2D eigenvalue weighted by Crippen LogP contribution is -2.38. The molecule has 1 atom stereocenters. The van der Waals surface area contributed by atoms with Crippen molar-refractivity contribution in [3.8, 4) is 5.69 Å². The molecule has 0 spiro atoms. The normalized spacial score (nSPS) is 17.6. The highest BCUT2D eigenvalue weighted by atomic mass is 35.5. The number of benzene rings is 1. The number of sulfonamides is 1. The summed E-state index contributed by atoms with van der Waals surface area (Å²) in [5.74, 6) is -0.478. The van der Waals surface area contributed by atoms with Crippen LogP contribution in [-0.2, 0) is 10.0 Å². The molecule has 2 heterocycles. The van der Waals surface area contributed by atoms with Crippen molar-refractivity contribution < 1.29 is 18.1 Å². The molecule has 1 aliphatic heterocycles. The minimum absolute atomic E-state index is 0.00819. The van der Waals surface area contributed by atoms with Crippen LogP contribution in [0, 0.1) is 10.1 Å². The number of carbonyl (C=O) groups excluding carboxylic acids is 1. The van der Waals surface area contributed by atoms with Gasteiger partial charge in [-0.05, 0) is 12.5 Å². The number of halogens is 2. The monoisotopic (exact) mass is 447 g/mol. The van der Waals surface area contributed by atoms with Crippen molar-refractivity contribution in [1.82, 2.24) is 19.4 Å². The summed E-state index contributed by atoms with van der Waals surface area (Å²) in [5.41, 5.74) is 0.0147. The molecule has 1 amide bonds. The van der Waals surface area contributed by atoms with E-state index in [9.17, 15) is 23.3 Å². The second-order valence-electron chi connectivity index (χ2n) is 6.24. The number of rotatable bonds is 5. The Bertz CT molecular complexity index is 1030. The summed E-state index contributed by atoms with van der Waals surface area (Å²) in [4.78, 5) is 22.7. The first-order chi connectivity index (χ1) is 13.1. The maximum Gasteiger partial charge on any atom is 0.272 e. The molecule has 3 rings (SSSR count). The van der Waals surface area contributed by atoms with Crippen LogP contribution in [-0.4, -0.2) is 58.7 Å². The predicted octanol–water partition coefficient (Wildman–Crippen LogP) is 1.85. The van der Waals surface area contributed by atoms with Gasteiger partial charge in [-0.25, -0.2) is 17.4 Å². The average molecular weight is 448 g/mol. The molecular formula is C15H15Cl2N5O5S. The van der Waals surface area contributed by atoms with E-state index in [-0.39, 0.29) is 39.7 Å². The highest BCUT2D eigenvalue weighted by Gasteiger charge is 2.30. The van der Waals surface area contributed by atoms with E-state index in [2.05, 4.69) is 10.4 Å². The molecule has 1 unspecified atom stereocenters. The molecule has 0 bridgehead atoms. The lowest BCUT2D eigenvalue weighted by molar-refractivity contribution is -0.384. The van der Waals surface area contributed by atoms with E-state index in [0.29, 0.717) is 13.0 Å². The van der Waals surface area contributed by atoms with Gasteiger partial charge in [-0.2, -0.15) is 5.10 Å². The summed E-state index contributed by atoms with van der Waals surface area (Å²) in [6, 6.07) is 3.40. The predicted molar refractivity (Wildman–Crippen MR) is 103 cm³/mol. The van der Waals surface area contributed by atoms with Crippen LogP contribution in [0.4, 0.5) is 5.69 Å². The Morgan fingerprint density at radius 2 is 2.00 bits per heavy atom. The molecule has 0 radical (unpaired) electrons. The van der Waals surface area contributed by atoms with Crippen LogP contribution < -0.4 is 5.32 Å². The molecule has 1 fully saturated rings. The molecule has 13 heteroatoms. The SMILES string of the molecule is CS(=O)(=O)N1CCC(NC(=O)c2ccn(-c3c(Cl)cc([N+](=O)[O-])cc3Cl)n2)C1. The van der Waals surface area contributed by atoms with Gasteiger partial charge >= 0.3 is 0 Å². The average Bonchev–Trinajstić information content (AvgIpc) is 3.23. The van der Waals surface area contributed by atoms with Crippen molar-refractivity contribution in [2.45, 2.75) is 12.5 Å². The summed E-state index contributed by atoms with van der Waals surface area (Å²) in [6.07, 6.45) is 3.07. The quantitative estimate of drug-likeness (QED) is 0.550. The summed E-state index contributed by atoms with van der Waals surface area (Å²) in [5, 5.41) is 17.7. The van der Waals surface area contributed by atoms with Gasteiger partial charge in [0, 0.05) is 37.5 Å². The number of nitrogens with one attached hydrogen (secondary N) is 1. The van der Waals surface area contributed by atoms with Gasteiger partial charge in [0.25, 0.3) is 11.6 Å². The van der Waals surface area contributed by atoms with Gasteiger partial charge in [0.1, 0.15) is 5.69 Å². The molecule has 1 aliphatic rings. The zero-order valence-electron chi connectivity index (χ0n) is 14.5. The highest BCUT2D eigenvalue weighted by Crippen LogP contribution is 2.32. The zero-order chi connectivity index (χ0) is 20.6. The third-order valence-electron chi connectivity index (χ3n) is 4.22. The molecule has 0 saturated carbocycles. The molecule has 2 aromatic rings. The molecular weight excluding hydrogens is 433 g/mol. The van der Waals surface area contributed by atoms with E-state index >= 15 is 0 Å². The van der Waals surface area contributed by atoms with Crippen LogP contribution in [0.15, 0.2) is 24.4 Å². The summed E-state index contributed by atoms with van der Waals surface area (Å²) < 4.78 is 25.7. The number of hydrogen-bond acceptors (Lipinski definition) is 6. The van der Waals surface area contributed by atoms with E-state index in [1.54, 1.807) is 0 Å². The zero-order valence-corrected chi connectivity index (χ0v) is 16.8. The highest BCUT2D eigenvalue weighted by molar-refractivity contribution is 7.88. The van der Waals surface area contributed by atoms with Crippen molar-refractivity contribution in [3.63, 3.8) is 0 Å². The van der Waals surface area contributed by atoms with E-state index < -0.39 is 20.9 Å². The first kappa shape index (κ1) is 20.5. The van der Waals surface area contributed by atoms with Crippen molar-refractivity contribution in [1.29, 1.82) is 0 Å². The van der Waals surface area contributed by atoms with Crippen molar-refractivity contribution in [2.24, 2.45) is 0 Å². The van der Waals surface area contributed by atoms with E-state index in [4.69, 9.17) is 23.2 Å². The van der Waals surface area contributed by atoms with Crippen molar-refractivity contribution >= 4 is 44.8 Å². The van der Waals surface area contributed by atoms with Crippen LogP contribution in [0.1, 0.15) is 16.9 Å². The van der Waals surface area contributed by atoms with Crippen molar-refractivity contribution in [3.05, 3.63) is 50.2 Å². The van der Waals surface area contributed by atoms with Gasteiger partial charge < -0.3 is 5.32 Å². The summed E-state index contributed by atoms with van der Waals surface area (Å²) in [7, 11) is -3.30. The van der Waals surface area contributed by atoms with Crippen LogP contribution >= 0.6 is 23.2 Å². The molecule has 10 nitrogen and oxygen atoms in total. The molecule has 150 valence electrons. The standard InChI is InChI=1S/C15H15Cl2N5O5S/c1-28(26,27)20-4-2-9(8-20)18-15(23)13-3-5-21(19-13)14-11(16)6-10(22(24)25)7-12(14)17/h3,5-7,9H,2,4,8H2,1H3,(H,18,23). The number of nitro benzene ring substituents is 1. The molecule has 1 saturated heterocycles. The van der Waals surface area contributed by atoms with Gasteiger partial charge in [0.15, 0.2) is 5.69 Å². The van der Waals surface area contributed by atoms with Crippen molar-refractivity contribution in [2.75, 3.05) is 19.3 Å². The number of non-ortho nitro benzene ring substituents is 1. The topological polar surface area (TPSA) is 127 Å². The van der Waals surface area contributed by atoms with Crippen LogP contribution in [0.5, 0.6) is 0 Å². The lowest BCUT2D eigenvalue weighted by Gasteiger charge is -2.14. The Morgan fingerprint density at radius 1 is 1.36 bits per heavy atom. The summed E-state index contributed by atoms with van der Waals surface area (Å²) in [6.45, 7) is 0.539. The van der Waals surface area contributed by atoms with Gasteiger partial charge in [0.05, 0.1) is 21.2 Å². The fourth-order valence-electron chi connectivity index (χ4n) is 2.85. The number of nitrogens with zero attached hydrogens (tertiary/aromatic N) is 4. The maximum atomic E-state index is 12.4. The van der Waals surface area contributed by atoms with Gasteiger partial charge in [-0.3, -0.25) is 14.9 Å². The molecule has 1 aromatic heterocycles. The molecule has 0 aliphatic carbocycles. The minimum Gasteiger partial charge on any atom is -0.347 e. The van der Waals surface area contributed by atoms with Crippen LogP contribution in [0.3, 0.4) is 0 Å². The maximum absolute atomic E-state index is 12.4. The first-order valence-corrected chi connectivity index (χ1v) is 10.6. The second kappa shape index (κ2) is 7.66. The molecule has 1 N–H and O–H groups in total. The van der Waals surface area contributed by atoms with Gasteiger partial charge in [-0.1, -0.05) is 23.2 Å². The Labute approximate surface area is 170 Å². The third-order valence-corrected chi connectivity index (χ3v) is 6.06. The number of hydrogen-bond donors (Lipinski definition) is 1. The summed E-state index contributed by atoms with van der Waals surface area (Å²) >= 11 is 12.2. The lowest BCUT2D eigenvalue weighted by atomic mass is 10.2.